The quantitative estimate of drug-likeness (QED) is 0.0617. The van der Waals surface area contributed by atoms with Crippen LogP contribution in [0.25, 0.3) is 0 Å². The van der Waals surface area contributed by atoms with Crippen LogP contribution in [-0.2, 0) is 23.1 Å². The van der Waals surface area contributed by atoms with Gasteiger partial charge >= 0.3 is 5.97 Å². The highest BCUT2D eigenvalue weighted by Crippen LogP contribution is 2.38. The summed E-state index contributed by atoms with van der Waals surface area (Å²) in [6, 6.07) is 0. The topological polar surface area (TPSA) is 105 Å². The fourth-order valence-corrected chi connectivity index (χ4v) is 3.66. The molecule has 37 heavy (non-hydrogen) atoms. The Morgan fingerprint density at radius 2 is 1.43 bits per heavy atom. The van der Waals surface area contributed by atoms with Gasteiger partial charge in [0.15, 0.2) is 0 Å². The molecule has 0 heterocycles. The summed E-state index contributed by atoms with van der Waals surface area (Å²) in [4.78, 5) is 23.8. The van der Waals surface area contributed by atoms with Gasteiger partial charge in [0.2, 0.25) is 0 Å². The summed E-state index contributed by atoms with van der Waals surface area (Å²) >= 11 is 0. The van der Waals surface area contributed by atoms with Gasteiger partial charge in [-0.05, 0) is 44.9 Å². The van der Waals surface area contributed by atoms with Crippen molar-refractivity contribution in [3.8, 4) is 0 Å². The Morgan fingerprint density at radius 3 is 1.95 bits per heavy atom. The highest BCUT2D eigenvalue weighted by Gasteiger charge is 2.19. The first kappa shape index (κ1) is 35.5. The van der Waals surface area contributed by atoms with E-state index in [0.29, 0.717) is 17.4 Å². The number of aliphatic hydroxyl groups excluding tert-OH is 1. The van der Waals surface area contributed by atoms with Crippen LogP contribution >= 0.6 is 7.82 Å². The van der Waals surface area contributed by atoms with E-state index in [9.17, 15) is 19.4 Å². The van der Waals surface area contributed by atoms with E-state index in [4.69, 9.17) is 13.8 Å². The Kier molecular flexibility index (Phi) is 21.5. The molecule has 0 aliphatic rings. The maximum Gasteiger partial charge on any atom is 0.306 e. The number of nitrogens with zero attached hydrogens (tertiary/aromatic N) is 1. The molecular formula is C28H50NO7P. The number of likely N-dealkylation sites (N-methyl/N-ethyl adjacent to an activating group) is 1. The molecule has 0 rings (SSSR count). The number of carbonyl (C=O) groups excluding carboxylic acids is 1. The Labute approximate surface area is 224 Å². The molecule has 0 aromatic heterocycles. The van der Waals surface area contributed by atoms with Gasteiger partial charge < -0.3 is 28.3 Å². The summed E-state index contributed by atoms with van der Waals surface area (Å²) in [5, 5.41) is 9.36. The minimum atomic E-state index is -4.53. The molecule has 0 bridgehead atoms. The van der Waals surface area contributed by atoms with Gasteiger partial charge in [0.05, 0.1) is 34.4 Å². The molecule has 1 N–H and O–H groups in total. The molecule has 8 nitrogen and oxygen atoms in total. The second-order valence-electron chi connectivity index (χ2n) is 9.87. The molecule has 0 aromatic rings. The van der Waals surface area contributed by atoms with Crippen LogP contribution in [0.15, 0.2) is 48.6 Å². The van der Waals surface area contributed by atoms with Crippen molar-refractivity contribution in [3.63, 3.8) is 0 Å². The third-order valence-corrected chi connectivity index (χ3v) is 6.11. The van der Waals surface area contributed by atoms with E-state index in [1.807, 2.05) is 27.2 Å². The van der Waals surface area contributed by atoms with Crippen molar-refractivity contribution in [3.05, 3.63) is 48.6 Å². The van der Waals surface area contributed by atoms with Gasteiger partial charge in [-0.3, -0.25) is 9.36 Å². The lowest BCUT2D eigenvalue weighted by Gasteiger charge is -2.28. The van der Waals surface area contributed by atoms with E-state index < -0.39 is 33.1 Å². The van der Waals surface area contributed by atoms with Crippen molar-refractivity contribution in [2.45, 2.75) is 77.2 Å². The van der Waals surface area contributed by atoms with Crippen LogP contribution in [0.5, 0.6) is 0 Å². The van der Waals surface area contributed by atoms with Crippen molar-refractivity contribution < 1.29 is 37.6 Å². The van der Waals surface area contributed by atoms with Crippen molar-refractivity contribution >= 4 is 13.8 Å². The lowest BCUT2D eigenvalue weighted by Crippen LogP contribution is -2.37. The zero-order valence-electron chi connectivity index (χ0n) is 23.4. The predicted octanol–water partition coefficient (Wildman–Crippen LogP) is 5.24. The summed E-state index contributed by atoms with van der Waals surface area (Å²) in [7, 11) is 1.19. The Balaban J connectivity index is 3.91. The van der Waals surface area contributed by atoms with Crippen molar-refractivity contribution in [1.82, 2.24) is 0 Å². The van der Waals surface area contributed by atoms with Crippen LogP contribution in [-0.4, -0.2) is 69.2 Å². The Bertz CT molecular complexity index is 741. The molecule has 0 saturated carbocycles. The minimum Gasteiger partial charge on any atom is -0.756 e. The Morgan fingerprint density at radius 1 is 0.892 bits per heavy atom. The number of unbranched alkanes of at least 4 members (excludes halogenated alkanes) is 4. The number of phosphoric ester groups is 1. The summed E-state index contributed by atoms with van der Waals surface area (Å²) in [6.45, 7) is 1.65. The van der Waals surface area contributed by atoms with Crippen LogP contribution in [0.2, 0.25) is 0 Å². The summed E-state index contributed by atoms with van der Waals surface area (Å²) in [6.07, 6.45) is 25.4. The van der Waals surface area contributed by atoms with E-state index in [1.165, 1.54) is 25.7 Å². The number of hydrogen-bond acceptors (Lipinski definition) is 7. The van der Waals surface area contributed by atoms with E-state index in [2.05, 4.69) is 49.5 Å². The largest absolute Gasteiger partial charge is 0.756 e. The molecule has 0 saturated heterocycles. The van der Waals surface area contributed by atoms with Crippen LogP contribution in [0, 0.1) is 0 Å². The fraction of sp³-hybridized carbons (Fsp3) is 0.679. The molecular weight excluding hydrogens is 493 g/mol. The molecule has 2 atom stereocenters. The standard InChI is InChI=1S/C28H50NO7P/c1-5-6-7-8-9-10-11-12-13-14-15-16-17-18-19-20-21-22-28(31)36-27(25-30)26-35-37(32,33)34-24-23-29(2,3)4/h9-10,12-13,15-16,18-19,27,30H,5-8,11,14,17,20-26H2,1-4H3/b10-9-,13-12-,16-15-,19-18-/t27-/m0/s1. The molecule has 0 radical (unpaired) electrons. The maximum atomic E-state index is 12.0. The second-order valence-corrected chi connectivity index (χ2v) is 11.3. The van der Waals surface area contributed by atoms with Gasteiger partial charge in [-0.15, -0.1) is 0 Å². The number of rotatable bonds is 23. The van der Waals surface area contributed by atoms with E-state index >= 15 is 0 Å². The monoisotopic (exact) mass is 543 g/mol. The highest BCUT2D eigenvalue weighted by molar-refractivity contribution is 7.45. The van der Waals surface area contributed by atoms with Crippen molar-refractivity contribution in [2.75, 3.05) is 47.5 Å². The molecule has 0 aromatic carbocycles. The van der Waals surface area contributed by atoms with E-state index in [-0.39, 0.29) is 13.0 Å². The molecule has 0 aliphatic heterocycles. The van der Waals surface area contributed by atoms with E-state index in [1.54, 1.807) is 0 Å². The number of phosphoric acid groups is 1. The van der Waals surface area contributed by atoms with Crippen LogP contribution in [0.4, 0.5) is 0 Å². The molecule has 0 fully saturated rings. The number of hydrogen-bond donors (Lipinski definition) is 1. The lowest BCUT2D eigenvalue weighted by atomic mass is 10.2. The third-order valence-electron chi connectivity index (χ3n) is 5.14. The number of allylic oxidation sites excluding steroid dienone is 8. The second kappa shape index (κ2) is 22.4. The molecule has 1 unspecified atom stereocenters. The normalized spacial score (nSPS) is 15.3. The van der Waals surface area contributed by atoms with Crippen molar-refractivity contribution in [1.29, 1.82) is 0 Å². The number of quaternary nitrogens is 1. The van der Waals surface area contributed by atoms with Crippen LogP contribution in [0.3, 0.4) is 0 Å². The number of ether oxygens (including phenoxy) is 1. The molecule has 0 amide bonds. The SMILES string of the molecule is CCCCC/C=C\C/C=C\C/C=C\C/C=C\CCCC(=O)O[C@@H](CO)COP(=O)([O-])OCC[N+](C)(C)C. The fourth-order valence-electron chi connectivity index (χ4n) is 2.93. The summed E-state index contributed by atoms with van der Waals surface area (Å²) in [5.74, 6) is -0.509. The molecule has 9 heteroatoms. The van der Waals surface area contributed by atoms with Crippen LogP contribution in [0.1, 0.15) is 71.1 Å². The predicted molar refractivity (Wildman–Crippen MR) is 148 cm³/mol. The Hall–Kier alpha value is -1.54. The molecule has 214 valence electrons. The van der Waals surface area contributed by atoms with Gasteiger partial charge in [-0.2, -0.15) is 0 Å². The van der Waals surface area contributed by atoms with Crippen molar-refractivity contribution in [2.24, 2.45) is 0 Å². The summed E-state index contributed by atoms with van der Waals surface area (Å²) in [5.41, 5.74) is 0. The smallest absolute Gasteiger partial charge is 0.306 e. The van der Waals surface area contributed by atoms with Gasteiger partial charge in [0.1, 0.15) is 19.3 Å². The summed E-state index contributed by atoms with van der Waals surface area (Å²) < 4.78 is 27.0. The number of carbonyl (C=O) groups is 1. The minimum absolute atomic E-state index is 0.0225. The average molecular weight is 544 g/mol. The number of aliphatic hydroxyl groups is 1. The first-order chi connectivity index (χ1) is 17.6. The first-order valence-electron chi connectivity index (χ1n) is 13.4. The lowest BCUT2D eigenvalue weighted by molar-refractivity contribution is -0.870. The highest BCUT2D eigenvalue weighted by atomic mass is 31.2. The maximum absolute atomic E-state index is 12.0. The van der Waals surface area contributed by atoms with Gasteiger partial charge in [-0.1, -0.05) is 68.4 Å². The molecule has 0 spiro atoms. The average Bonchev–Trinajstić information content (AvgIpc) is 2.82. The van der Waals surface area contributed by atoms with Gasteiger partial charge in [-0.25, -0.2) is 0 Å². The van der Waals surface area contributed by atoms with Gasteiger partial charge in [0, 0.05) is 6.42 Å². The van der Waals surface area contributed by atoms with E-state index in [0.717, 1.165) is 25.7 Å². The zero-order valence-corrected chi connectivity index (χ0v) is 24.3. The molecule has 0 aliphatic carbocycles. The zero-order chi connectivity index (χ0) is 27.8. The third kappa shape index (κ3) is 25.9. The number of esters is 1. The first-order valence-corrected chi connectivity index (χ1v) is 14.9. The van der Waals surface area contributed by atoms with Crippen LogP contribution < -0.4 is 4.89 Å². The van der Waals surface area contributed by atoms with Gasteiger partial charge in [0.25, 0.3) is 7.82 Å².